The van der Waals surface area contributed by atoms with Gasteiger partial charge in [-0.25, -0.2) is 8.42 Å². The molecular formula is C26H16BrCl3N2O4S. The number of nitrogens with one attached hydrogen (secondary N) is 2. The smallest absolute Gasteiger partial charge is 0.261 e. The van der Waals surface area contributed by atoms with Crippen LogP contribution in [-0.4, -0.2) is 20.1 Å². The Kier molecular flexibility index (Phi) is 8.26. The number of sulfonamides is 1. The van der Waals surface area contributed by atoms with Crippen molar-refractivity contribution in [1.29, 1.82) is 0 Å². The lowest BCUT2D eigenvalue weighted by atomic mass is 10.0. The van der Waals surface area contributed by atoms with Gasteiger partial charge in [0.15, 0.2) is 5.78 Å². The second kappa shape index (κ2) is 11.2. The van der Waals surface area contributed by atoms with Crippen LogP contribution in [0.5, 0.6) is 0 Å². The fourth-order valence-corrected chi connectivity index (χ4v) is 5.30. The first-order valence-electron chi connectivity index (χ1n) is 10.5. The van der Waals surface area contributed by atoms with Gasteiger partial charge >= 0.3 is 0 Å². The normalized spacial score (nSPS) is 11.1. The monoisotopic (exact) mass is 636 g/mol. The topological polar surface area (TPSA) is 92.3 Å². The molecule has 0 saturated heterocycles. The Bertz CT molecular complexity index is 1610. The maximum absolute atomic E-state index is 13.1. The second-order valence-electron chi connectivity index (χ2n) is 7.73. The van der Waals surface area contributed by atoms with E-state index in [2.05, 4.69) is 26.0 Å². The lowest BCUT2D eigenvalue weighted by molar-refractivity contribution is 0.102. The minimum absolute atomic E-state index is 0.0149. The van der Waals surface area contributed by atoms with Crippen molar-refractivity contribution in [2.24, 2.45) is 0 Å². The van der Waals surface area contributed by atoms with E-state index in [4.69, 9.17) is 34.8 Å². The number of anilines is 2. The minimum atomic E-state index is -3.99. The van der Waals surface area contributed by atoms with Crippen LogP contribution in [0.1, 0.15) is 26.3 Å². The molecule has 0 aromatic heterocycles. The number of carbonyl (C=O) groups excluding carboxylic acids is 2. The largest absolute Gasteiger partial charge is 0.322 e. The molecule has 0 fully saturated rings. The van der Waals surface area contributed by atoms with Crippen molar-refractivity contribution in [3.8, 4) is 0 Å². The zero-order valence-electron chi connectivity index (χ0n) is 18.6. The van der Waals surface area contributed by atoms with Crippen LogP contribution in [0.15, 0.2) is 94.3 Å². The second-order valence-corrected chi connectivity index (χ2v) is 11.6. The first-order chi connectivity index (χ1) is 17.5. The Morgan fingerprint density at radius 1 is 0.730 bits per heavy atom. The summed E-state index contributed by atoms with van der Waals surface area (Å²) in [4.78, 5) is 25.9. The molecule has 0 bridgehead atoms. The molecule has 0 aliphatic rings. The van der Waals surface area contributed by atoms with Gasteiger partial charge in [0.1, 0.15) is 0 Å². The highest BCUT2D eigenvalue weighted by Gasteiger charge is 2.20. The van der Waals surface area contributed by atoms with Crippen molar-refractivity contribution in [2.75, 3.05) is 10.0 Å². The number of rotatable bonds is 7. The molecule has 0 unspecified atom stereocenters. The van der Waals surface area contributed by atoms with Crippen molar-refractivity contribution in [3.63, 3.8) is 0 Å². The number of hydrogen-bond donors (Lipinski definition) is 2. The molecule has 37 heavy (non-hydrogen) atoms. The maximum atomic E-state index is 13.1. The van der Waals surface area contributed by atoms with Gasteiger partial charge < -0.3 is 5.32 Å². The Morgan fingerprint density at radius 2 is 1.35 bits per heavy atom. The summed E-state index contributed by atoms with van der Waals surface area (Å²) in [7, 11) is -3.99. The molecule has 4 aromatic rings. The Balaban J connectivity index is 1.57. The number of amides is 1. The summed E-state index contributed by atoms with van der Waals surface area (Å²) in [5.74, 6) is -0.895. The fourth-order valence-electron chi connectivity index (χ4n) is 3.34. The van der Waals surface area contributed by atoms with E-state index < -0.39 is 15.9 Å². The molecule has 4 rings (SSSR count). The quantitative estimate of drug-likeness (QED) is 0.203. The first kappa shape index (κ1) is 27.2. The number of halogens is 4. The van der Waals surface area contributed by atoms with E-state index in [0.717, 1.165) is 0 Å². The highest BCUT2D eigenvalue weighted by atomic mass is 79.9. The maximum Gasteiger partial charge on any atom is 0.261 e. The van der Waals surface area contributed by atoms with Crippen molar-refractivity contribution in [1.82, 2.24) is 0 Å². The highest BCUT2D eigenvalue weighted by Crippen LogP contribution is 2.28. The van der Waals surface area contributed by atoms with Crippen LogP contribution in [0.25, 0.3) is 0 Å². The van der Waals surface area contributed by atoms with E-state index in [1.54, 1.807) is 30.3 Å². The van der Waals surface area contributed by atoms with Gasteiger partial charge in [-0.3, -0.25) is 14.3 Å². The highest BCUT2D eigenvalue weighted by molar-refractivity contribution is 9.10. The molecule has 0 spiro atoms. The zero-order valence-corrected chi connectivity index (χ0v) is 23.3. The Labute approximate surface area is 236 Å². The molecule has 188 valence electrons. The Morgan fingerprint density at radius 3 is 1.97 bits per heavy atom. The summed E-state index contributed by atoms with van der Waals surface area (Å²) in [6.45, 7) is 0. The number of carbonyl (C=O) groups is 2. The molecule has 0 atom stereocenters. The molecule has 11 heteroatoms. The average molecular weight is 639 g/mol. The predicted octanol–water partition coefficient (Wildman–Crippen LogP) is 7.69. The predicted molar refractivity (Wildman–Crippen MR) is 151 cm³/mol. The van der Waals surface area contributed by atoms with Crippen LogP contribution in [0, 0.1) is 0 Å². The van der Waals surface area contributed by atoms with Crippen LogP contribution in [-0.2, 0) is 10.0 Å². The average Bonchev–Trinajstić information content (AvgIpc) is 2.85. The van der Waals surface area contributed by atoms with Crippen LogP contribution in [0.2, 0.25) is 15.1 Å². The van der Waals surface area contributed by atoms with E-state index >= 15 is 0 Å². The zero-order chi connectivity index (χ0) is 26.7. The van der Waals surface area contributed by atoms with Crippen molar-refractivity contribution in [3.05, 3.63) is 121 Å². The number of benzene rings is 4. The van der Waals surface area contributed by atoms with Crippen LogP contribution in [0.4, 0.5) is 11.4 Å². The van der Waals surface area contributed by atoms with Crippen LogP contribution < -0.4 is 10.0 Å². The van der Waals surface area contributed by atoms with Gasteiger partial charge in [-0.05, 0) is 84.9 Å². The van der Waals surface area contributed by atoms with E-state index in [1.807, 2.05) is 0 Å². The molecule has 2 N–H and O–H groups in total. The summed E-state index contributed by atoms with van der Waals surface area (Å²) in [5.41, 5.74) is 1.10. The van der Waals surface area contributed by atoms with Gasteiger partial charge in [0.25, 0.3) is 15.9 Å². The molecule has 6 nitrogen and oxygen atoms in total. The van der Waals surface area contributed by atoms with Gasteiger partial charge in [-0.15, -0.1) is 0 Å². The lowest BCUT2D eigenvalue weighted by Gasteiger charge is -2.14. The van der Waals surface area contributed by atoms with E-state index in [1.165, 1.54) is 54.6 Å². The first-order valence-corrected chi connectivity index (χ1v) is 13.9. The molecule has 1 amide bonds. The van der Waals surface area contributed by atoms with E-state index in [0.29, 0.717) is 25.8 Å². The fraction of sp³-hybridized carbons (Fsp3) is 0. The van der Waals surface area contributed by atoms with Crippen molar-refractivity contribution in [2.45, 2.75) is 4.90 Å². The number of ketones is 1. The molecule has 0 aliphatic heterocycles. The minimum Gasteiger partial charge on any atom is -0.322 e. The molecular weight excluding hydrogens is 623 g/mol. The van der Waals surface area contributed by atoms with Crippen LogP contribution >= 0.6 is 50.7 Å². The summed E-state index contributed by atoms with van der Waals surface area (Å²) >= 11 is 21.4. The lowest BCUT2D eigenvalue weighted by Crippen LogP contribution is -2.19. The van der Waals surface area contributed by atoms with Crippen molar-refractivity contribution >= 4 is 83.8 Å². The SMILES string of the molecule is O=C(c1ccc(Cl)cc1)c1ccc(NC(=O)c2cc(Br)ccc2NS(=O)(=O)c2ccc(Cl)cc2)cc1Cl. The third-order valence-electron chi connectivity index (χ3n) is 5.17. The number of hydrogen-bond acceptors (Lipinski definition) is 4. The van der Waals surface area contributed by atoms with Crippen molar-refractivity contribution < 1.29 is 18.0 Å². The molecule has 0 saturated carbocycles. The van der Waals surface area contributed by atoms with Gasteiger partial charge in [0.05, 0.1) is 21.2 Å². The van der Waals surface area contributed by atoms with E-state index in [-0.39, 0.29) is 32.5 Å². The van der Waals surface area contributed by atoms with Crippen LogP contribution in [0.3, 0.4) is 0 Å². The molecule has 0 radical (unpaired) electrons. The van der Waals surface area contributed by atoms with Gasteiger partial charge in [0, 0.05) is 31.3 Å². The Hall–Kier alpha value is -2.88. The third-order valence-corrected chi connectivity index (χ3v) is 7.86. The van der Waals surface area contributed by atoms with Gasteiger partial charge in [-0.2, -0.15) is 0 Å². The summed E-state index contributed by atoms with van der Waals surface area (Å²) in [6.07, 6.45) is 0. The van der Waals surface area contributed by atoms with Gasteiger partial charge in [-0.1, -0.05) is 50.7 Å². The van der Waals surface area contributed by atoms with Gasteiger partial charge in [0.2, 0.25) is 0 Å². The third kappa shape index (κ3) is 6.52. The summed E-state index contributed by atoms with van der Waals surface area (Å²) in [5, 5.41) is 3.72. The van der Waals surface area contributed by atoms with E-state index in [9.17, 15) is 18.0 Å². The molecule has 0 aliphatic carbocycles. The summed E-state index contributed by atoms with van der Waals surface area (Å²) < 4.78 is 28.7. The standard InChI is InChI=1S/C26H16BrCl3N2O4S/c27-16-3-12-24(32-37(35,36)20-9-6-18(29)7-10-20)22(13-16)26(34)31-19-8-11-21(23(30)14-19)25(33)15-1-4-17(28)5-2-15/h1-14,32H,(H,31,34). The molecule has 0 heterocycles. The summed E-state index contributed by atoms with van der Waals surface area (Å²) in [6, 6.07) is 21.0. The molecule has 4 aromatic carbocycles.